The van der Waals surface area contributed by atoms with Crippen LogP contribution in [0.25, 0.3) is 11.5 Å². The van der Waals surface area contributed by atoms with Crippen LogP contribution < -0.4 is 9.47 Å². The highest BCUT2D eigenvalue weighted by atomic mass is 16.5. The number of hydrogen-bond acceptors (Lipinski definition) is 6. The predicted molar refractivity (Wildman–Crippen MR) is 102 cm³/mol. The number of nitrogens with zero attached hydrogens (tertiary/aromatic N) is 2. The van der Waals surface area contributed by atoms with Gasteiger partial charge in [0.25, 0.3) is 0 Å². The molecule has 7 heteroatoms. The predicted octanol–water partition coefficient (Wildman–Crippen LogP) is 3.48. The van der Waals surface area contributed by atoms with Gasteiger partial charge >= 0.3 is 5.97 Å². The maximum atomic E-state index is 12.6. The number of esters is 1. The molecule has 0 saturated carbocycles. The Kier molecular flexibility index (Phi) is 4.81. The van der Waals surface area contributed by atoms with E-state index in [1.54, 1.807) is 27.3 Å². The third-order valence-electron chi connectivity index (χ3n) is 4.94. The minimum Gasteiger partial charge on any atom is -0.497 e. The summed E-state index contributed by atoms with van der Waals surface area (Å²) in [6.07, 6.45) is 3.41. The zero-order chi connectivity index (χ0) is 19.7. The molecule has 4 rings (SSSR count). The van der Waals surface area contributed by atoms with Crippen LogP contribution in [0.2, 0.25) is 0 Å². The molecular weight excluding hydrogens is 360 g/mol. The molecule has 3 aromatic rings. The van der Waals surface area contributed by atoms with Gasteiger partial charge in [0.05, 0.1) is 32.7 Å². The molecule has 7 nitrogen and oxygen atoms in total. The lowest BCUT2D eigenvalue weighted by Gasteiger charge is -2.16. The van der Waals surface area contributed by atoms with E-state index in [4.69, 9.17) is 18.7 Å². The van der Waals surface area contributed by atoms with E-state index in [1.807, 2.05) is 28.8 Å². The molecule has 0 radical (unpaired) electrons. The minimum atomic E-state index is -0.354. The highest BCUT2D eigenvalue weighted by molar-refractivity contribution is 5.90. The van der Waals surface area contributed by atoms with Crippen LogP contribution in [0, 0.1) is 0 Å². The van der Waals surface area contributed by atoms with Gasteiger partial charge in [-0.2, -0.15) is 0 Å². The number of carbonyl (C=O) groups is 1. The Balaban J connectivity index is 1.84. The molecule has 0 atom stereocenters. The lowest BCUT2D eigenvalue weighted by atomic mass is 9.96. The second-order valence-electron chi connectivity index (χ2n) is 6.61. The highest BCUT2D eigenvalue weighted by Gasteiger charge is 2.29. The second kappa shape index (κ2) is 7.42. The zero-order valence-electron chi connectivity index (χ0n) is 16.2. The molecule has 1 aliphatic rings. The topological polar surface area (TPSA) is 75.7 Å². The molecule has 28 heavy (non-hydrogen) atoms. The summed E-state index contributed by atoms with van der Waals surface area (Å²) in [4.78, 5) is 12.6. The zero-order valence-corrected chi connectivity index (χ0v) is 16.2. The number of fused-ring (bicyclic) bond motifs is 3. The van der Waals surface area contributed by atoms with Crippen LogP contribution >= 0.6 is 0 Å². The summed E-state index contributed by atoms with van der Waals surface area (Å²) < 4.78 is 23.5. The SMILES string of the molecule is CCOC(=O)c1cc2c(n1Cc1cc(OC)cc(OC)c1)-c1oncc1CC2. The molecule has 146 valence electrons. The molecule has 2 heterocycles. The van der Waals surface area contributed by atoms with E-state index >= 15 is 0 Å². The first-order chi connectivity index (χ1) is 13.6. The first-order valence-corrected chi connectivity index (χ1v) is 9.20. The third kappa shape index (κ3) is 3.13. The van der Waals surface area contributed by atoms with Crippen molar-refractivity contribution in [3.05, 3.63) is 52.8 Å². The van der Waals surface area contributed by atoms with Crippen molar-refractivity contribution < 1.29 is 23.5 Å². The first-order valence-electron chi connectivity index (χ1n) is 9.20. The molecular formula is C21H22N2O5. The van der Waals surface area contributed by atoms with E-state index in [-0.39, 0.29) is 5.97 Å². The largest absolute Gasteiger partial charge is 0.497 e. The molecule has 0 N–H and O–H groups in total. The molecule has 0 spiro atoms. The molecule has 0 aliphatic heterocycles. The van der Waals surface area contributed by atoms with Crippen molar-refractivity contribution in [2.24, 2.45) is 0 Å². The monoisotopic (exact) mass is 382 g/mol. The molecule has 2 aromatic heterocycles. The van der Waals surface area contributed by atoms with Gasteiger partial charge in [0.15, 0.2) is 5.76 Å². The van der Waals surface area contributed by atoms with Crippen LogP contribution in [-0.4, -0.2) is 36.5 Å². The van der Waals surface area contributed by atoms with Crippen molar-refractivity contribution in [2.75, 3.05) is 20.8 Å². The molecule has 0 saturated heterocycles. The van der Waals surface area contributed by atoms with Crippen molar-refractivity contribution in [2.45, 2.75) is 26.3 Å². The van der Waals surface area contributed by atoms with Crippen LogP contribution in [0.1, 0.15) is 34.1 Å². The van der Waals surface area contributed by atoms with Crippen molar-refractivity contribution >= 4 is 5.97 Å². The quantitative estimate of drug-likeness (QED) is 0.608. The van der Waals surface area contributed by atoms with E-state index in [0.717, 1.165) is 35.2 Å². The van der Waals surface area contributed by atoms with Gasteiger partial charge in [-0.3, -0.25) is 0 Å². The minimum absolute atomic E-state index is 0.315. The van der Waals surface area contributed by atoms with Crippen LogP contribution in [0.15, 0.2) is 35.0 Å². The Labute approximate surface area is 162 Å². The summed E-state index contributed by atoms with van der Waals surface area (Å²) >= 11 is 0. The fraction of sp³-hybridized carbons (Fsp3) is 0.333. The van der Waals surface area contributed by atoms with E-state index in [2.05, 4.69) is 5.16 Å². The van der Waals surface area contributed by atoms with Gasteiger partial charge in [0.2, 0.25) is 0 Å². The molecule has 1 aromatic carbocycles. The van der Waals surface area contributed by atoms with Gasteiger partial charge in [-0.05, 0) is 49.1 Å². The van der Waals surface area contributed by atoms with Gasteiger partial charge < -0.3 is 23.3 Å². The van der Waals surface area contributed by atoms with E-state index in [9.17, 15) is 4.79 Å². The van der Waals surface area contributed by atoms with Crippen molar-refractivity contribution in [3.63, 3.8) is 0 Å². The van der Waals surface area contributed by atoms with Gasteiger partial charge in [-0.25, -0.2) is 4.79 Å². The van der Waals surface area contributed by atoms with Gasteiger partial charge in [0, 0.05) is 18.2 Å². The number of rotatable bonds is 6. The summed E-state index contributed by atoms with van der Waals surface area (Å²) in [5, 5.41) is 3.95. The maximum Gasteiger partial charge on any atom is 0.354 e. The Morgan fingerprint density at radius 2 is 1.82 bits per heavy atom. The van der Waals surface area contributed by atoms with Crippen molar-refractivity contribution in [1.82, 2.24) is 9.72 Å². The first kappa shape index (κ1) is 18.2. The number of benzene rings is 1. The number of methoxy groups -OCH3 is 2. The van der Waals surface area contributed by atoms with Crippen LogP contribution in [0.5, 0.6) is 11.5 Å². The van der Waals surface area contributed by atoms with E-state index in [1.165, 1.54) is 0 Å². The standard InChI is InChI=1S/C21H22N2O5/c1-4-27-21(24)18-9-14-5-6-15-11-22-28-20(15)19(14)23(18)12-13-7-16(25-2)10-17(8-13)26-3/h7-11H,4-6,12H2,1-3H3. The smallest absolute Gasteiger partial charge is 0.354 e. The Morgan fingerprint density at radius 3 is 2.50 bits per heavy atom. The number of hydrogen-bond donors (Lipinski definition) is 0. The lowest BCUT2D eigenvalue weighted by Crippen LogP contribution is -2.14. The summed E-state index contributed by atoms with van der Waals surface area (Å²) in [6.45, 7) is 2.55. The van der Waals surface area contributed by atoms with E-state index in [0.29, 0.717) is 36.1 Å². The Morgan fingerprint density at radius 1 is 1.11 bits per heavy atom. The number of aromatic nitrogens is 2. The van der Waals surface area contributed by atoms with Gasteiger partial charge in [-0.15, -0.1) is 0 Å². The average Bonchev–Trinajstić information content (AvgIpc) is 3.32. The molecule has 0 bridgehead atoms. The normalized spacial score (nSPS) is 12.2. The van der Waals surface area contributed by atoms with Crippen LogP contribution in [0.3, 0.4) is 0 Å². The second-order valence-corrected chi connectivity index (χ2v) is 6.61. The van der Waals surface area contributed by atoms with Crippen LogP contribution in [-0.2, 0) is 24.1 Å². The highest BCUT2D eigenvalue weighted by Crippen LogP contribution is 2.37. The van der Waals surface area contributed by atoms with Crippen molar-refractivity contribution in [1.29, 1.82) is 0 Å². The van der Waals surface area contributed by atoms with Gasteiger partial charge in [0.1, 0.15) is 17.2 Å². The van der Waals surface area contributed by atoms with Crippen molar-refractivity contribution in [3.8, 4) is 23.0 Å². The fourth-order valence-corrected chi connectivity index (χ4v) is 3.65. The summed E-state index contributed by atoms with van der Waals surface area (Å²) in [5.41, 5.74) is 4.42. The number of carbonyl (C=O) groups excluding carboxylic acids is 1. The summed E-state index contributed by atoms with van der Waals surface area (Å²) in [5.74, 6) is 1.74. The molecule has 1 aliphatic carbocycles. The Hall–Kier alpha value is -3.22. The molecule has 0 amide bonds. The average molecular weight is 382 g/mol. The maximum absolute atomic E-state index is 12.6. The lowest BCUT2D eigenvalue weighted by molar-refractivity contribution is 0.0514. The molecule has 0 unspecified atom stereocenters. The summed E-state index contributed by atoms with van der Waals surface area (Å²) in [7, 11) is 3.22. The van der Waals surface area contributed by atoms with Crippen LogP contribution in [0.4, 0.5) is 0 Å². The fourth-order valence-electron chi connectivity index (χ4n) is 3.65. The number of aryl methyl sites for hydroxylation is 2. The Bertz CT molecular complexity index is 996. The third-order valence-corrected chi connectivity index (χ3v) is 4.94. The van der Waals surface area contributed by atoms with Gasteiger partial charge in [-0.1, -0.05) is 5.16 Å². The summed E-state index contributed by atoms with van der Waals surface area (Å²) in [6, 6.07) is 7.56. The molecule has 0 fully saturated rings. The van der Waals surface area contributed by atoms with E-state index < -0.39 is 0 Å². The number of ether oxygens (including phenoxy) is 3.